The maximum atomic E-state index is 13.0. The average molecular weight is 408 g/mol. The summed E-state index contributed by atoms with van der Waals surface area (Å²) in [6.45, 7) is 0. The molecule has 28 heavy (non-hydrogen) atoms. The van der Waals surface area contributed by atoms with E-state index in [0.717, 1.165) is 30.5 Å². The Balaban J connectivity index is 2.14. The van der Waals surface area contributed by atoms with Crippen molar-refractivity contribution in [1.29, 1.82) is 5.26 Å². The van der Waals surface area contributed by atoms with Gasteiger partial charge >= 0.3 is 12.1 Å². The van der Waals surface area contributed by atoms with Crippen LogP contribution < -0.4 is 0 Å². The SMILES string of the molecule is COC(=O)C(C#N)c1nc2ccccc2nc1Sc1nnc(C(F)(F)F)n1C. The molecule has 144 valence electrons. The van der Waals surface area contributed by atoms with Crippen molar-refractivity contribution in [2.45, 2.75) is 22.3 Å². The Morgan fingerprint density at radius 1 is 1.25 bits per heavy atom. The van der Waals surface area contributed by atoms with Crippen molar-refractivity contribution < 1.29 is 22.7 Å². The highest BCUT2D eigenvalue weighted by Gasteiger charge is 2.38. The number of methoxy groups -OCH3 is 1. The van der Waals surface area contributed by atoms with Gasteiger partial charge in [-0.15, -0.1) is 10.2 Å². The van der Waals surface area contributed by atoms with Gasteiger partial charge in [-0.1, -0.05) is 12.1 Å². The fourth-order valence-electron chi connectivity index (χ4n) is 2.34. The summed E-state index contributed by atoms with van der Waals surface area (Å²) in [5.41, 5.74) is 0.822. The van der Waals surface area contributed by atoms with Crippen LogP contribution in [0.3, 0.4) is 0 Å². The van der Waals surface area contributed by atoms with Crippen molar-refractivity contribution in [3.8, 4) is 6.07 Å². The second-order valence-electron chi connectivity index (χ2n) is 5.45. The summed E-state index contributed by atoms with van der Waals surface area (Å²) in [6, 6.07) is 8.48. The topological polar surface area (TPSA) is 107 Å². The fraction of sp³-hybridized carbons (Fsp3) is 0.250. The van der Waals surface area contributed by atoms with Gasteiger partial charge in [0.15, 0.2) is 11.1 Å². The normalized spacial score (nSPS) is 12.6. The van der Waals surface area contributed by atoms with Crippen molar-refractivity contribution in [3.05, 3.63) is 35.8 Å². The quantitative estimate of drug-likeness (QED) is 0.607. The second kappa shape index (κ2) is 7.43. The van der Waals surface area contributed by atoms with E-state index in [9.17, 15) is 23.2 Å². The molecule has 12 heteroatoms. The highest BCUT2D eigenvalue weighted by atomic mass is 32.2. The maximum absolute atomic E-state index is 13.0. The number of alkyl halides is 3. The van der Waals surface area contributed by atoms with Gasteiger partial charge in [0.25, 0.3) is 0 Å². The minimum absolute atomic E-state index is 0.0328. The summed E-state index contributed by atoms with van der Waals surface area (Å²) in [7, 11) is 2.27. The van der Waals surface area contributed by atoms with E-state index in [1.54, 1.807) is 30.3 Å². The molecule has 8 nitrogen and oxygen atoms in total. The highest BCUT2D eigenvalue weighted by molar-refractivity contribution is 7.99. The second-order valence-corrected chi connectivity index (χ2v) is 6.41. The molecule has 0 aliphatic heterocycles. The van der Waals surface area contributed by atoms with Crippen LogP contribution in [0, 0.1) is 11.3 Å². The van der Waals surface area contributed by atoms with Gasteiger partial charge in [-0.05, 0) is 23.9 Å². The summed E-state index contributed by atoms with van der Waals surface area (Å²) >= 11 is 0.721. The first-order chi connectivity index (χ1) is 13.3. The van der Waals surface area contributed by atoms with E-state index in [4.69, 9.17) is 0 Å². The van der Waals surface area contributed by atoms with E-state index in [1.165, 1.54) is 0 Å². The smallest absolute Gasteiger partial charge is 0.451 e. The van der Waals surface area contributed by atoms with Crippen LogP contribution in [-0.4, -0.2) is 37.8 Å². The van der Waals surface area contributed by atoms with E-state index in [2.05, 4.69) is 24.9 Å². The van der Waals surface area contributed by atoms with Gasteiger partial charge < -0.3 is 9.30 Å². The lowest BCUT2D eigenvalue weighted by Crippen LogP contribution is -2.16. The number of ether oxygens (including phenoxy) is 1. The van der Waals surface area contributed by atoms with Crippen LogP contribution in [0.4, 0.5) is 13.2 Å². The van der Waals surface area contributed by atoms with Gasteiger partial charge in [-0.2, -0.15) is 18.4 Å². The predicted octanol–water partition coefficient (Wildman–Crippen LogP) is 2.71. The molecule has 2 aromatic heterocycles. The summed E-state index contributed by atoms with van der Waals surface area (Å²) in [6.07, 6.45) is -4.68. The maximum Gasteiger partial charge on any atom is 0.451 e. The zero-order chi connectivity index (χ0) is 20.5. The van der Waals surface area contributed by atoms with Crippen molar-refractivity contribution in [1.82, 2.24) is 24.7 Å². The van der Waals surface area contributed by atoms with E-state index < -0.39 is 23.9 Å². The molecule has 3 rings (SSSR count). The molecule has 3 aromatic rings. The molecular formula is C16H11F3N6O2S. The Hall–Kier alpha value is -3.20. The molecule has 0 amide bonds. The van der Waals surface area contributed by atoms with Crippen LogP contribution in [0.1, 0.15) is 17.4 Å². The molecule has 0 radical (unpaired) electrons. The van der Waals surface area contributed by atoms with Crippen LogP contribution in [0.15, 0.2) is 34.4 Å². The zero-order valence-corrected chi connectivity index (χ0v) is 15.2. The monoisotopic (exact) mass is 408 g/mol. The number of hydrogen-bond acceptors (Lipinski definition) is 8. The molecule has 0 bridgehead atoms. The van der Waals surface area contributed by atoms with Crippen LogP contribution in [-0.2, 0) is 22.8 Å². The third kappa shape index (κ3) is 3.61. The molecule has 0 fully saturated rings. The molecule has 0 saturated heterocycles. The summed E-state index contributed by atoms with van der Waals surface area (Å²) < 4.78 is 44.3. The Morgan fingerprint density at radius 2 is 1.89 bits per heavy atom. The van der Waals surface area contributed by atoms with Gasteiger partial charge in [0, 0.05) is 7.05 Å². The van der Waals surface area contributed by atoms with Crippen LogP contribution in [0.5, 0.6) is 0 Å². The molecule has 0 aliphatic rings. The molecule has 0 spiro atoms. The number of nitriles is 1. The number of halogens is 3. The van der Waals surface area contributed by atoms with E-state index in [-0.39, 0.29) is 15.9 Å². The lowest BCUT2D eigenvalue weighted by atomic mass is 10.1. The number of carbonyl (C=O) groups is 1. The Morgan fingerprint density at radius 3 is 2.43 bits per heavy atom. The van der Waals surface area contributed by atoms with Crippen molar-refractivity contribution in [2.24, 2.45) is 7.05 Å². The Bertz CT molecular complexity index is 1090. The number of benzene rings is 1. The van der Waals surface area contributed by atoms with Crippen molar-refractivity contribution in [3.63, 3.8) is 0 Å². The molecular weight excluding hydrogens is 397 g/mol. The zero-order valence-electron chi connectivity index (χ0n) is 14.4. The molecule has 0 N–H and O–H groups in total. The minimum atomic E-state index is -4.68. The van der Waals surface area contributed by atoms with Gasteiger partial charge in [0.1, 0.15) is 10.7 Å². The molecule has 2 heterocycles. The first-order valence-corrected chi connectivity index (χ1v) is 8.46. The van der Waals surface area contributed by atoms with Crippen LogP contribution >= 0.6 is 11.8 Å². The third-order valence-corrected chi connectivity index (χ3v) is 4.71. The fourth-order valence-corrected chi connectivity index (χ4v) is 3.23. The number of carbonyl (C=O) groups excluding carboxylic acids is 1. The predicted molar refractivity (Wildman–Crippen MR) is 90.0 cm³/mol. The lowest BCUT2D eigenvalue weighted by Gasteiger charge is -2.12. The Labute approximate surface area is 160 Å². The number of hydrogen-bond donors (Lipinski definition) is 0. The number of para-hydroxylation sites is 2. The minimum Gasteiger partial charge on any atom is -0.468 e. The molecule has 1 unspecified atom stereocenters. The molecule has 1 atom stereocenters. The van der Waals surface area contributed by atoms with Crippen molar-refractivity contribution in [2.75, 3.05) is 7.11 Å². The molecule has 0 aliphatic carbocycles. The number of aromatic nitrogens is 5. The van der Waals surface area contributed by atoms with Crippen molar-refractivity contribution >= 4 is 28.8 Å². The number of esters is 1. The summed E-state index contributed by atoms with van der Waals surface area (Å²) in [5.74, 6) is -3.45. The third-order valence-electron chi connectivity index (χ3n) is 3.68. The highest BCUT2D eigenvalue weighted by Crippen LogP contribution is 2.35. The Kier molecular flexibility index (Phi) is 5.19. The van der Waals surface area contributed by atoms with Crippen LogP contribution in [0.2, 0.25) is 0 Å². The largest absolute Gasteiger partial charge is 0.468 e. The van der Waals surface area contributed by atoms with Gasteiger partial charge in [0.05, 0.1) is 24.2 Å². The molecule has 0 saturated carbocycles. The van der Waals surface area contributed by atoms with Gasteiger partial charge in [0.2, 0.25) is 5.82 Å². The average Bonchev–Trinajstić information content (AvgIpc) is 3.03. The van der Waals surface area contributed by atoms with E-state index in [1.807, 2.05) is 0 Å². The first-order valence-electron chi connectivity index (χ1n) is 7.64. The number of fused-ring (bicyclic) bond motifs is 1. The van der Waals surface area contributed by atoms with Gasteiger partial charge in [-0.3, -0.25) is 4.79 Å². The lowest BCUT2D eigenvalue weighted by molar-refractivity contribution is -0.147. The number of rotatable bonds is 4. The first kappa shape index (κ1) is 19.6. The standard InChI is InChI=1S/C16H11F3N6O2S/c1-25-14(16(17,18)19)23-24-15(25)28-12-11(8(7-20)13(26)27-2)21-9-5-3-4-6-10(9)22-12/h3-6,8H,1-2H3. The van der Waals surface area contributed by atoms with Crippen LogP contribution in [0.25, 0.3) is 11.0 Å². The van der Waals surface area contributed by atoms with E-state index >= 15 is 0 Å². The molecule has 1 aromatic carbocycles. The number of nitrogens with zero attached hydrogens (tertiary/aromatic N) is 6. The van der Waals surface area contributed by atoms with Gasteiger partial charge in [-0.25, -0.2) is 9.97 Å². The summed E-state index contributed by atoms with van der Waals surface area (Å²) in [4.78, 5) is 20.6. The summed E-state index contributed by atoms with van der Waals surface area (Å²) in [5, 5.41) is 16.0. The van der Waals surface area contributed by atoms with E-state index in [0.29, 0.717) is 11.0 Å².